The summed E-state index contributed by atoms with van der Waals surface area (Å²) in [7, 11) is 0. The Balaban J connectivity index is 0. The summed E-state index contributed by atoms with van der Waals surface area (Å²) in [5.41, 5.74) is 0. The Hall–Kier alpha value is -1.97. The van der Waals surface area contributed by atoms with Crippen molar-refractivity contribution in [3.63, 3.8) is 0 Å². The zero-order valence-corrected chi connectivity index (χ0v) is 8.91. The summed E-state index contributed by atoms with van der Waals surface area (Å²) in [5.74, 6) is -5.29. The monoisotopic (exact) mass is 236 g/mol. The third-order valence-electron chi connectivity index (χ3n) is 1.37. The molecule has 7 nitrogen and oxygen atoms in total. The third kappa shape index (κ3) is 5.06. The number of hydrogen-bond acceptors (Lipinski definition) is 7. The van der Waals surface area contributed by atoms with Gasteiger partial charge in [0.25, 0.3) is 0 Å². The smallest absolute Gasteiger partial charge is 0.545 e. The fourth-order valence-corrected chi connectivity index (χ4v) is 0.621. The van der Waals surface area contributed by atoms with E-state index in [0.29, 0.717) is 6.07 Å². The van der Waals surface area contributed by atoms with E-state index >= 15 is 0 Å². The van der Waals surface area contributed by atoms with Crippen molar-refractivity contribution in [3.8, 4) is 28.7 Å². The van der Waals surface area contributed by atoms with Crippen molar-refractivity contribution in [2.45, 2.75) is 0 Å². The van der Waals surface area contributed by atoms with E-state index in [9.17, 15) is 0 Å². The topological polar surface area (TPSA) is 141 Å². The summed E-state index contributed by atoms with van der Waals surface area (Å²) in [6.07, 6.45) is 0.722. The molecular weight excluding hydrogens is 227 g/mol. The number of carbonyl (C=O) groups excluding carboxylic acids is 1. The van der Waals surface area contributed by atoms with Gasteiger partial charge in [-0.25, -0.2) is 0 Å². The van der Waals surface area contributed by atoms with Crippen molar-refractivity contribution >= 4 is 5.97 Å². The van der Waals surface area contributed by atoms with E-state index in [4.69, 9.17) is 35.4 Å². The van der Waals surface area contributed by atoms with E-state index in [1.165, 1.54) is 0 Å². The van der Waals surface area contributed by atoms with E-state index in [1.807, 2.05) is 0 Å². The fraction of sp³-hybridized carbons (Fsp3) is 0. The normalized spacial score (nSPS) is 8.24. The summed E-state index contributed by atoms with van der Waals surface area (Å²) in [6, 6.07) is 0.713. The molecule has 0 aliphatic carbocycles. The number of carboxylic acid groups (broad SMARTS) is 1. The first-order chi connectivity index (χ1) is 7.31. The molecule has 1 aromatic rings. The summed E-state index contributed by atoms with van der Waals surface area (Å²) in [6.45, 7) is 2.90. The van der Waals surface area contributed by atoms with Crippen LogP contribution in [0.15, 0.2) is 18.7 Å². The number of hydrogen-bond donors (Lipinski definition) is 5. The molecule has 0 amide bonds. The minimum absolute atomic E-state index is 0. The second-order valence-electron chi connectivity index (χ2n) is 2.48. The Morgan fingerprint density at radius 3 is 1.59 bits per heavy atom. The molecule has 1 rings (SSSR count). The number of carboxylic acids is 1. The van der Waals surface area contributed by atoms with Gasteiger partial charge in [-0.05, 0) is 6.08 Å². The number of carbonyl (C=O) groups is 1. The quantitative estimate of drug-likeness (QED) is 0.145. The first-order valence-corrected chi connectivity index (χ1v) is 3.80. The van der Waals surface area contributed by atoms with Gasteiger partial charge in [0.15, 0.2) is 11.5 Å². The maximum atomic E-state index is 9.14. The molecule has 0 heterocycles. The Labute approximate surface area is 108 Å². The molecule has 0 saturated carbocycles. The van der Waals surface area contributed by atoms with Crippen molar-refractivity contribution in [3.05, 3.63) is 18.7 Å². The molecular formula is C9H9LiO7. The molecule has 0 aromatic heterocycles. The van der Waals surface area contributed by atoms with Crippen molar-refractivity contribution in [2.75, 3.05) is 0 Å². The molecule has 1 aromatic carbocycles. The van der Waals surface area contributed by atoms with Crippen molar-refractivity contribution < 1.29 is 54.3 Å². The number of aromatic hydroxyl groups is 5. The molecule has 0 spiro atoms. The summed E-state index contributed by atoms with van der Waals surface area (Å²) < 4.78 is 0. The van der Waals surface area contributed by atoms with Crippen LogP contribution < -0.4 is 24.0 Å². The molecule has 0 atom stereocenters. The minimum atomic E-state index is -1.23. The Kier molecular flexibility index (Phi) is 7.51. The predicted molar refractivity (Wildman–Crippen MR) is 50.0 cm³/mol. The summed E-state index contributed by atoms with van der Waals surface area (Å²) >= 11 is 0. The molecule has 17 heavy (non-hydrogen) atoms. The van der Waals surface area contributed by atoms with Gasteiger partial charge in [-0.3, -0.25) is 0 Å². The van der Waals surface area contributed by atoms with Crippen LogP contribution in [0.5, 0.6) is 28.7 Å². The Morgan fingerprint density at radius 2 is 1.35 bits per heavy atom. The molecule has 0 unspecified atom stereocenters. The molecule has 8 heteroatoms. The molecule has 88 valence electrons. The second kappa shape index (κ2) is 7.33. The van der Waals surface area contributed by atoms with E-state index in [2.05, 4.69) is 6.58 Å². The molecule has 0 aliphatic heterocycles. The molecule has 0 saturated heterocycles. The minimum Gasteiger partial charge on any atom is -0.545 e. The summed E-state index contributed by atoms with van der Waals surface area (Å²) in [4.78, 5) is 9.14. The van der Waals surface area contributed by atoms with Crippen LogP contribution in [0, 0.1) is 0 Å². The van der Waals surface area contributed by atoms with Crippen LogP contribution in [-0.4, -0.2) is 31.5 Å². The van der Waals surface area contributed by atoms with E-state index in [1.54, 1.807) is 0 Å². The van der Waals surface area contributed by atoms with Crippen molar-refractivity contribution in [1.82, 2.24) is 0 Å². The SMILES string of the molecule is C=CC(=O)[O-].Oc1cc(O)c(O)c(O)c1O.[Li+]. The maximum absolute atomic E-state index is 9.14. The molecule has 0 aliphatic rings. The predicted octanol–water partition coefficient (Wildman–Crippen LogP) is -3.86. The second-order valence-corrected chi connectivity index (χ2v) is 2.48. The maximum Gasteiger partial charge on any atom is 1.00 e. The van der Waals surface area contributed by atoms with Gasteiger partial charge in [-0.1, -0.05) is 6.58 Å². The van der Waals surface area contributed by atoms with Gasteiger partial charge in [0.05, 0.1) is 5.97 Å². The van der Waals surface area contributed by atoms with Crippen LogP contribution in [-0.2, 0) is 4.79 Å². The van der Waals surface area contributed by atoms with Gasteiger partial charge in [-0.15, -0.1) is 0 Å². The van der Waals surface area contributed by atoms with Crippen LogP contribution in [0.4, 0.5) is 0 Å². The number of aliphatic carboxylic acids is 1. The van der Waals surface area contributed by atoms with Gasteiger partial charge in [0.1, 0.15) is 0 Å². The van der Waals surface area contributed by atoms with E-state index in [-0.39, 0.29) is 18.9 Å². The molecule has 0 radical (unpaired) electrons. The number of phenols is 5. The first kappa shape index (κ1) is 17.4. The average Bonchev–Trinajstić information content (AvgIpc) is 2.24. The van der Waals surface area contributed by atoms with E-state index in [0.717, 1.165) is 6.08 Å². The third-order valence-corrected chi connectivity index (χ3v) is 1.37. The van der Waals surface area contributed by atoms with Crippen molar-refractivity contribution in [2.24, 2.45) is 0 Å². The average molecular weight is 236 g/mol. The van der Waals surface area contributed by atoms with Gasteiger partial charge in [0, 0.05) is 6.07 Å². The number of benzene rings is 1. The van der Waals surface area contributed by atoms with Gasteiger partial charge >= 0.3 is 18.9 Å². The van der Waals surface area contributed by atoms with Crippen LogP contribution in [0.3, 0.4) is 0 Å². The van der Waals surface area contributed by atoms with Crippen LogP contribution in [0.2, 0.25) is 0 Å². The van der Waals surface area contributed by atoms with Gasteiger partial charge < -0.3 is 35.4 Å². The fourth-order valence-electron chi connectivity index (χ4n) is 0.621. The zero-order valence-electron chi connectivity index (χ0n) is 8.91. The van der Waals surface area contributed by atoms with Crippen molar-refractivity contribution in [1.29, 1.82) is 0 Å². The van der Waals surface area contributed by atoms with Crippen LogP contribution in [0.1, 0.15) is 0 Å². The molecule has 0 fully saturated rings. The largest absolute Gasteiger partial charge is 1.00 e. The van der Waals surface area contributed by atoms with Gasteiger partial charge in [0.2, 0.25) is 17.2 Å². The molecule has 0 bridgehead atoms. The molecule has 5 N–H and O–H groups in total. The Bertz CT molecular complexity index is 390. The van der Waals surface area contributed by atoms with Crippen LogP contribution >= 0.6 is 0 Å². The van der Waals surface area contributed by atoms with E-state index < -0.39 is 34.7 Å². The van der Waals surface area contributed by atoms with Crippen LogP contribution in [0.25, 0.3) is 0 Å². The number of rotatable bonds is 1. The standard InChI is InChI=1S/C6H6O5.C3H4O2.Li/c7-2-1-3(8)5(10)6(11)4(2)9;1-2-3(4)5;/h1,7-11H;2H,1H2,(H,4,5);/q;;+1/p-1. The number of phenolic OH excluding ortho intramolecular Hbond substituents is 5. The Morgan fingerprint density at radius 1 is 1.06 bits per heavy atom. The zero-order chi connectivity index (χ0) is 12.9. The van der Waals surface area contributed by atoms with Gasteiger partial charge in [-0.2, -0.15) is 0 Å². The summed E-state index contributed by atoms with van der Waals surface area (Å²) in [5, 5.41) is 52.8. The first-order valence-electron chi connectivity index (χ1n) is 3.80.